The van der Waals surface area contributed by atoms with Crippen molar-refractivity contribution in [1.82, 2.24) is 15.0 Å². The summed E-state index contributed by atoms with van der Waals surface area (Å²) in [4.78, 5) is 12.5. The van der Waals surface area contributed by atoms with Gasteiger partial charge in [-0.2, -0.15) is 0 Å². The van der Waals surface area contributed by atoms with Gasteiger partial charge in [0.15, 0.2) is 34.1 Å². The smallest absolute Gasteiger partial charge is 0.187 e. The monoisotopic (exact) mass is 364 g/mol. The Morgan fingerprint density at radius 2 is 1.68 bits per heavy atom. The largest absolute Gasteiger partial charge is 0.494 e. The number of nitrogen functional groups attached to an aromatic ring is 1. The van der Waals surface area contributed by atoms with Crippen LogP contribution < -0.4 is 15.2 Å². The van der Waals surface area contributed by atoms with Crippen molar-refractivity contribution in [2.75, 3.05) is 26.2 Å². The maximum atomic E-state index is 14.7. The van der Waals surface area contributed by atoms with Gasteiger partial charge >= 0.3 is 0 Å². The summed E-state index contributed by atoms with van der Waals surface area (Å²) < 4.78 is 39.2. The predicted molar refractivity (Wildman–Crippen MR) is 92.0 cm³/mol. The molecular formula is C16H14F2N4O2S. The van der Waals surface area contributed by atoms with Crippen molar-refractivity contribution in [2.45, 2.75) is 5.16 Å². The number of methoxy groups -OCH3 is 2. The van der Waals surface area contributed by atoms with Crippen molar-refractivity contribution in [3.8, 4) is 22.8 Å². The quantitative estimate of drug-likeness (QED) is 0.562. The van der Waals surface area contributed by atoms with Gasteiger partial charge in [0, 0.05) is 17.6 Å². The normalized spacial score (nSPS) is 10.9. The lowest BCUT2D eigenvalue weighted by Crippen LogP contribution is -2.03. The number of halogens is 2. The van der Waals surface area contributed by atoms with Gasteiger partial charge in [-0.05, 0) is 12.3 Å². The fraction of sp³-hybridized carbons (Fsp3) is 0.188. The van der Waals surface area contributed by atoms with Gasteiger partial charge in [-0.25, -0.2) is 23.7 Å². The summed E-state index contributed by atoms with van der Waals surface area (Å²) >= 11 is 1.35. The van der Waals surface area contributed by atoms with Gasteiger partial charge in [0.1, 0.15) is 5.52 Å². The van der Waals surface area contributed by atoms with Crippen LogP contribution in [-0.2, 0) is 0 Å². The molecule has 0 radical (unpaired) electrons. The molecule has 130 valence electrons. The van der Waals surface area contributed by atoms with Crippen molar-refractivity contribution in [2.24, 2.45) is 0 Å². The highest BCUT2D eigenvalue weighted by Gasteiger charge is 2.23. The minimum Gasteiger partial charge on any atom is -0.494 e. The van der Waals surface area contributed by atoms with E-state index in [0.29, 0.717) is 16.1 Å². The molecule has 2 N–H and O–H groups in total. The van der Waals surface area contributed by atoms with Gasteiger partial charge in [-0.15, -0.1) is 0 Å². The molecule has 0 fully saturated rings. The van der Waals surface area contributed by atoms with Crippen LogP contribution >= 0.6 is 11.8 Å². The number of benzene rings is 1. The van der Waals surface area contributed by atoms with Crippen LogP contribution in [0.1, 0.15) is 0 Å². The van der Waals surface area contributed by atoms with E-state index >= 15 is 0 Å². The third kappa shape index (κ3) is 2.91. The zero-order valence-electron chi connectivity index (χ0n) is 13.6. The van der Waals surface area contributed by atoms with Crippen LogP contribution in [0.4, 0.5) is 14.6 Å². The molecule has 25 heavy (non-hydrogen) atoms. The Balaban J connectivity index is 2.30. The van der Waals surface area contributed by atoms with Crippen molar-refractivity contribution < 1.29 is 18.3 Å². The van der Waals surface area contributed by atoms with Gasteiger partial charge in [-0.1, -0.05) is 11.8 Å². The van der Waals surface area contributed by atoms with Crippen LogP contribution in [0.5, 0.6) is 11.5 Å². The third-order valence-corrected chi connectivity index (χ3v) is 4.14. The molecule has 0 aliphatic heterocycles. The van der Waals surface area contributed by atoms with Gasteiger partial charge in [0.2, 0.25) is 0 Å². The number of rotatable bonds is 4. The Labute approximate surface area is 146 Å². The molecular weight excluding hydrogens is 350 g/mol. The van der Waals surface area contributed by atoms with E-state index < -0.39 is 17.2 Å². The second kappa shape index (κ2) is 6.67. The molecule has 1 aromatic carbocycles. The number of nitrogens with zero attached hydrogens (tertiary/aromatic N) is 3. The van der Waals surface area contributed by atoms with Crippen LogP contribution in [0.2, 0.25) is 0 Å². The van der Waals surface area contributed by atoms with Crippen LogP contribution in [-0.4, -0.2) is 35.4 Å². The SMILES string of the molecule is COc1cc(OC)c(F)c(-c2cc3cnc(SC)nc3c(N)n2)c1F. The second-order valence-corrected chi connectivity index (χ2v) is 5.74. The Morgan fingerprint density at radius 3 is 2.24 bits per heavy atom. The minimum atomic E-state index is -0.895. The van der Waals surface area contributed by atoms with E-state index in [1.807, 2.05) is 6.26 Å². The van der Waals surface area contributed by atoms with E-state index in [2.05, 4.69) is 15.0 Å². The number of pyridine rings is 1. The maximum Gasteiger partial charge on any atom is 0.187 e. The summed E-state index contributed by atoms with van der Waals surface area (Å²) in [6.45, 7) is 0. The van der Waals surface area contributed by atoms with E-state index in [4.69, 9.17) is 15.2 Å². The lowest BCUT2D eigenvalue weighted by Gasteiger charge is -2.13. The fourth-order valence-electron chi connectivity index (χ4n) is 2.38. The van der Waals surface area contributed by atoms with Crippen molar-refractivity contribution in [3.63, 3.8) is 0 Å². The van der Waals surface area contributed by atoms with Crippen molar-refractivity contribution in [3.05, 3.63) is 30.0 Å². The topological polar surface area (TPSA) is 83.2 Å². The maximum absolute atomic E-state index is 14.7. The van der Waals surface area contributed by atoms with Crippen LogP contribution in [0.3, 0.4) is 0 Å². The molecule has 0 aliphatic carbocycles. The number of fused-ring (bicyclic) bond motifs is 1. The average Bonchev–Trinajstić information content (AvgIpc) is 2.62. The Hall–Kier alpha value is -2.68. The summed E-state index contributed by atoms with van der Waals surface area (Å²) in [5.74, 6) is -2.07. The molecule has 0 unspecified atom stereocenters. The lowest BCUT2D eigenvalue weighted by molar-refractivity contribution is 0.359. The molecule has 9 heteroatoms. The first-order chi connectivity index (χ1) is 12.0. The number of nitrogens with two attached hydrogens (primary N) is 1. The van der Waals surface area contributed by atoms with E-state index in [1.54, 1.807) is 0 Å². The number of hydrogen-bond acceptors (Lipinski definition) is 7. The molecule has 0 saturated heterocycles. The predicted octanol–water partition coefficient (Wildman–Crippen LogP) is 3.29. The lowest BCUT2D eigenvalue weighted by atomic mass is 10.1. The second-order valence-electron chi connectivity index (χ2n) is 4.97. The highest BCUT2D eigenvalue weighted by molar-refractivity contribution is 7.98. The molecule has 2 heterocycles. The molecule has 0 amide bonds. The summed E-state index contributed by atoms with van der Waals surface area (Å²) in [6, 6.07) is 2.60. The van der Waals surface area contributed by atoms with E-state index in [9.17, 15) is 8.78 Å². The number of ether oxygens (including phenoxy) is 2. The van der Waals surface area contributed by atoms with Gasteiger partial charge in [0.05, 0.1) is 25.5 Å². The summed E-state index contributed by atoms with van der Waals surface area (Å²) in [7, 11) is 2.55. The van der Waals surface area contributed by atoms with Crippen LogP contribution in [0.25, 0.3) is 22.2 Å². The molecule has 0 bridgehead atoms. The first-order valence-corrected chi connectivity index (χ1v) is 8.30. The van der Waals surface area contributed by atoms with Crippen molar-refractivity contribution >= 4 is 28.5 Å². The fourth-order valence-corrected chi connectivity index (χ4v) is 2.73. The van der Waals surface area contributed by atoms with E-state index in [0.717, 1.165) is 6.07 Å². The zero-order chi connectivity index (χ0) is 18.1. The zero-order valence-corrected chi connectivity index (χ0v) is 14.4. The van der Waals surface area contributed by atoms with Gasteiger partial charge in [-0.3, -0.25) is 0 Å². The number of hydrogen-bond donors (Lipinski definition) is 1. The molecule has 0 spiro atoms. The van der Waals surface area contributed by atoms with Gasteiger partial charge < -0.3 is 15.2 Å². The van der Waals surface area contributed by atoms with E-state index in [-0.39, 0.29) is 23.0 Å². The van der Waals surface area contributed by atoms with Crippen LogP contribution in [0.15, 0.2) is 23.5 Å². The average molecular weight is 364 g/mol. The molecule has 3 aromatic rings. The minimum absolute atomic E-state index is 0.00213. The third-order valence-electron chi connectivity index (χ3n) is 3.58. The Bertz CT molecular complexity index is 941. The summed E-state index contributed by atoms with van der Waals surface area (Å²) in [6.07, 6.45) is 3.36. The van der Waals surface area contributed by atoms with E-state index in [1.165, 1.54) is 38.2 Å². The molecule has 0 aliphatic rings. The number of anilines is 1. The first kappa shape index (κ1) is 17.2. The standard InChI is InChI=1S/C16H14F2N4O2S/c1-23-9-5-10(24-2)13(18)11(12(9)17)8-4-7-6-20-16(25-3)22-14(7)15(19)21-8/h4-6H,1-3H3,(H2,19,21). The molecule has 0 atom stereocenters. The highest BCUT2D eigenvalue weighted by Crippen LogP contribution is 2.38. The Morgan fingerprint density at radius 1 is 1.04 bits per heavy atom. The number of thioether (sulfide) groups is 1. The molecule has 6 nitrogen and oxygen atoms in total. The molecule has 0 saturated carbocycles. The molecule has 2 aromatic heterocycles. The summed E-state index contributed by atoms with van der Waals surface area (Å²) in [5.41, 5.74) is 5.96. The first-order valence-electron chi connectivity index (χ1n) is 7.07. The van der Waals surface area contributed by atoms with Gasteiger partial charge in [0.25, 0.3) is 0 Å². The molecule has 3 rings (SSSR count). The van der Waals surface area contributed by atoms with Crippen LogP contribution in [0, 0.1) is 11.6 Å². The Kier molecular flexibility index (Phi) is 4.58. The summed E-state index contributed by atoms with van der Waals surface area (Å²) in [5, 5.41) is 1.04. The van der Waals surface area contributed by atoms with Crippen molar-refractivity contribution in [1.29, 1.82) is 0 Å². The highest BCUT2D eigenvalue weighted by atomic mass is 32.2. The number of aromatic nitrogens is 3.